The molecule has 7 heteroatoms. The summed E-state index contributed by atoms with van der Waals surface area (Å²) in [5.41, 5.74) is 1.01. The molecule has 1 atom stereocenters. The third-order valence-electron chi connectivity index (χ3n) is 1.64. The predicted molar refractivity (Wildman–Crippen MR) is 45.3 cm³/mol. The van der Waals surface area contributed by atoms with Crippen molar-refractivity contribution in [3.63, 3.8) is 0 Å². The Morgan fingerprint density at radius 2 is 1.77 bits per heavy atom. The minimum Gasteiger partial charge on any atom is -0.182 e. The van der Waals surface area contributed by atoms with Crippen LogP contribution in [0, 0.1) is 10.2 Å². The molecule has 0 aromatic heterocycles. The Hall–Kier alpha value is 0.440. The first-order valence-corrected chi connectivity index (χ1v) is 7.08. The quantitative estimate of drug-likeness (QED) is 0.471. The third-order valence-corrected chi connectivity index (χ3v) is 6.65. The zero-order valence-electron chi connectivity index (χ0n) is 7.33. The highest BCUT2D eigenvalue weighted by molar-refractivity contribution is 8.83. The van der Waals surface area contributed by atoms with Crippen LogP contribution >= 0.6 is 20.6 Å². The molecule has 13 heavy (non-hydrogen) atoms. The summed E-state index contributed by atoms with van der Waals surface area (Å²) in [5.74, 6) is 0. The molecule has 0 bridgehead atoms. The Bertz CT molecular complexity index is 291. The highest BCUT2D eigenvalue weighted by atomic mass is 35.7. The van der Waals surface area contributed by atoms with Gasteiger partial charge in [-0.1, -0.05) is 0 Å². The summed E-state index contributed by atoms with van der Waals surface area (Å²) in [7, 11) is -4.01. The summed E-state index contributed by atoms with van der Waals surface area (Å²) >= 11 is 0. The van der Waals surface area contributed by atoms with Crippen molar-refractivity contribution in [3.05, 3.63) is 10.5 Å². The first-order valence-electron chi connectivity index (χ1n) is 3.36. The van der Waals surface area contributed by atoms with Gasteiger partial charge in [0.15, 0.2) is 9.80 Å². The summed E-state index contributed by atoms with van der Waals surface area (Å²) in [6.45, 7) is 5.51. The van der Waals surface area contributed by atoms with E-state index in [1.54, 1.807) is 6.92 Å². The lowest BCUT2D eigenvalue weighted by Crippen LogP contribution is -2.60. The van der Waals surface area contributed by atoms with Crippen LogP contribution in [0.1, 0.15) is 20.8 Å². The van der Waals surface area contributed by atoms with Crippen LogP contribution < -0.4 is 14.0 Å². The molecule has 1 aliphatic heterocycles. The van der Waals surface area contributed by atoms with E-state index in [2.05, 4.69) is 3.74 Å². The molecule has 0 fully saturated rings. The Balaban J connectivity index is 2.78. The van der Waals surface area contributed by atoms with Gasteiger partial charge in [-0.15, -0.1) is 0 Å². The summed E-state index contributed by atoms with van der Waals surface area (Å²) in [6.07, 6.45) is 0. The second-order valence-corrected chi connectivity index (χ2v) is 7.03. The van der Waals surface area contributed by atoms with Crippen LogP contribution in [0.5, 0.6) is 0 Å². The largest absolute Gasteiger partial charge is 0.182 e. The van der Waals surface area contributed by atoms with Crippen LogP contribution in [-0.4, -0.2) is 4.86 Å². The van der Waals surface area contributed by atoms with Crippen LogP contribution in [0.4, 0.5) is 0 Å². The van der Waals surface area contributed by atoms with E-state index in [0.29, 0.717) is 0 Å². The van der Waals surface area contributed by atoms with Crippen LogP contribution in [-0.2, 0) is 3.74 Å². The number of hydrogen-bond donors (Lipinski definition) is 0. The van der Waals surface area contributed by atoms with Crippen LogP contribution in [0.3, 0.4) is 0 Å². The number of rotatable bonds is 2. The third kappa shape index (κ3) is 2.95. The lowest BCUT2D eigenvalue weighted by atomic mass is 10.2. The van der Waals surface area contributed by atoms with Crippen molar-refractivity contribution in [2.75, 3.05) is 0 Å². The Labute approximate surface area is 84.9 Å². The van der Waals surface area contributed by atoms with Crippen molar-refractivity contribution in [1.29, 1.82) is 0 Å². The molecule has 0 aliphatic carbocycles. The van der Waals surface area contributed by atoms with Gasteiger partial charge in [0.25, 0.3) is 0 Å². The lowest BCUT2D eigenvalue weighted by Gasteiger charge is -2.12. The van der Waals surface area contributed by atoms with Gasteiger partial charge < -0.3 is 0 Å². The number of halogens is 1. The van der Waals surface area contributed by atoms with E-state index >= 15 is 0 Å². The molecule has 0 aromatic carbocycles. The van der Waals surface area contributed by atoms with Crippen molar-refractivity contribution >= 4 is 25.5 Å². The van der Waals surface area contributed by atoms with Crippen LogP contribution in [0.15, 0.2) is 10.5 Å². The zero-order valence-corrected chi connectivity index (χ0v) is 9.72. The van der Waals surface area contributed by atoms with Crippen molar-refractivity contribution in [2.45, 2.75) is 20.8 Å². The Kier molecular flexibility index (Phi) is 3.45. The first-order chi connectivity index (χ1) is 5.81. The second kappa shape index (κ2) is 3.90. The highest BCUT2D eigenvalue weighted by Gasteiger charge is 2.29. The van der Waals surface area contributed by atoms with Gasteiger partial charge in [0.1, 0.15) is 3.74 Å². The SMILES string of the molecule is CC1=C(C)C(C)=S(O[Cl+3]([O-])([O-])[O-])S1. The zero-order chi connectivity index (χ0) is 10.2. The van der Waals surface area contributed by atoms with E-state index in [1.807, 2.05) is 13.8 Å². The molecule has 0 saturated carbocycles. The molecule has 0 radical (unpaired) electrons. The average molecular weight is 245 g/mol. The van der Waals surface area contributed by atoms with E-state index < -0.39 is 20.0 Å². The monoisotopic (exact) mass is 244 g/mol. The van der Waals surface area contributed by atoms with Crippen molar-refractivity contribution in [1.82, 2.24) is 0 Å². The predicted octanol–water partition coefficient (Wildman–Crippen LogP) is -0.768. The maximum absolute atomic E-state index is 10.3. The highest BCUT2D eigenvalue weighted by Crippen LogP contribution is 2.48. The van der Waals surface area contributed by atoms with Crippen molar-refractivity contribution in [3.8, 4) is 0 Å². The topological polar surface area (TPSA) is 78.4 Å². The number of allylic oxidation sites excluding steroid dienone is 2. The number of hydrogen-bond acceptors (Lipinski definition) is 5. The van der Waals surface area contributed by atoms with E-state index in [1.165, 1.54) is 10.8 Å². The maximum Gasteiger partial charge on any atom is 0.175 e. The smallest absolute Gasteiger partial charge is 0.175 e. The van der Waals surface area contributed by atoms with Crippen molar-refractivity contribution < 1.29 is 28.0 Å². The molecule has 0 N–H and O–H groups in total. The summed E-state index contributed by atoms with van der Waals surface area (Å²) in [5, 5.41) is 0. The average Bonchev–Trinajstić information content (AvgIpc) is 2.15. The standard InChI is InChI=1S/C6H9ClO4S2/c1-4-5(2)12-13(6(4)3)11-7(8,9)10/h1-3H3. The van der Waals surface area contributed by atoms with Crippen LogP contribution in [0.2, 0.25) is 0 Å². The fourth-order valence-corrected chi connectivity index (χ4v) is 5.49. The maximum atomic E-state index is 10.3. The van der Waals surface area contributed by atoms with Gasteiger partial charge in [0, 0.05) is 4.86 Å². The molecule has 0 spiro atoms. The van der Waals surface area contributed by atoms with Gasteiger partial charge in [0.05, 0.1) is 10.2 Å². The second-order valence-electron chi connectivity index (χ2n) is 2.50. The molecule has 1 unspecified atom stereocenters. The van der Waals surface area contributed by atoms with Gasteiger partial charge in [0.2, 0.25) is 0 Å². The molecule has 1 aliphatic rings. The molecule has 0 saturated heterocycles. The fourth-order valence-electron chi connectivity index (χ4n) is 0.742. The van der Waals surface area contributed by atoms with Crippen molar-refractivity contribution in [2.24, 2.45) is 0 Å². The van der Waals surface area contributed by atoms with E-state index in [0.717, 1.165) is 15.3 Å². The molecule has 1 rings (SSSR count). The molecular formula is C6H9ClO4S2. The van der Waals surface area contributed by atoms with E-state index in [-0.39, 0.29) is 0 Å². The van der Waals surface area contributed by atoms with Gasteiger partial charge in [-0.25, -0.2) is 0 Å². The summed E-state index contributed by atoms with van der Waals surface area (Å²) in [4.78, 5) is 1.81. The molecule has 1 heterocycles. The first kappa shape index (κ1) is 11.5. The molecule has 0 amide bonds. The fraction of sp³-hybridized carbons (Fsp3) is 0.500. The van der Waals surface area contributed by atoms with Gasteiger partial charge >= 0.3 is 0 Å². The Morgan fingerprint density at radius 3 is 2.08 bits per heavy atom. The van der Waals surface area contributed by atoms with Gasteiger partial charge in [-0.3, -0.25) is 0 Å². The Morgan fingerprint density at radius 1 is 1.23 bits per heavy atom. The molecule has 4 nitrogen and oxygen atoms in total. The normalized spacial score (nSPS) is 24.5. The summed E-state index contributed by atoms with van der Waals surface area (Å²) < 4.78 is 35.3. The molecular weight excluding hydrogens is 236 g/mol. The minimum absolute atomic E-state index is 0.814. The molecule has 76 valence electrons. The van der Waals surface area contributed by atoms with E-state index in [9.17, 15) is 14.0 Å². The van der Waals surface area contributed by atoms with Crippen LogP contribution in [0.25, 0.3) is 0 Å². The van der Waals surface area contributed by atoms with E-state index in [4.69, 9.17) is 0 Å². The molecule has 0 aromatic rings. The summed E-state index contributed by atoms with van der Waals surface area (Å²) in [6, 6.07) is 0. The van der Waals surface area contributed by atoms with Gasteiger partial charge in [-0.2, -0.15) is 14.0 Å². The lowest BCUT2D eigenvalue weighted by molar-refractivity contribution is -1.91. The van der Waals surface area contributed by atoms with Gasteiger partial charge in [-0.05, 0) is 42.0 Å². The minimum atomic E-state index is -4.33.